The molecule has 1 aromatic rings. The summed E-state index contributed by atoms with van der Waals surface area (Å²) >= 11 is 4.98. The standard InChI is InChI=1S/C22H29F3N4O5S2/c1-4-8-26-20(35)29-36(32,33)18-9-15(6-7-17(18)34-12-22(23,24)25)16(28-13-30)10-21(5-2)14(3)11-27-19(21)31/h6-7,9,11,13,16H,4-5,8,10,12H2,1-3H3,(H,27,31)(H,28,30)(H2,26,29,35). The number of hydrogen-bond acceptors (Lipinski definition) is 6. The molecular formula is C22H29F3N4O5S2. The Labute approximate surface area is 213 Å². The predicted octanol–water partition coefficient (Wildman–Crippen LogP) is 2.80. The highest BCUT2D eigenvalue weighted by Gasteiger charge is 2.44. The number of amides is 2. The van der Waals surface area contributed by atoms with Crippen LogP contribution in [-0.4, -0.2) is 45.2 Å². The summed E-state index contributed by atoms with van der Waals surface area (Å²) in [7, 11) is -4.48. The zero-order valence-corrected chi connectivity index (χ0v) is 21.6. The summed E-state index contributed by atoms with van der Waals surface area (Å²) in [6.45, 7) is 4.06. The molecule has 14 heteroatoms. The molecule has 0 fully saturated rings. The summed E-state index contributed by atoms with van der Waals surface area (Å²) in [5, 5.41) is 7.68. The fraction of sp³-hybridized carbons (Fsp3) is 0.500. The van der Waals surface area contributed by atoms with E-state index in [1.54, 1.807) is 20.0 Å². The maximum Gasteiger partial charge on any atom is 0.422 e. The quantitative estimate of drug-likeness (QED) is 0.233. The Hall–Kier alpha value is -2.87. The van der Waals surface area contributed by atoms with E-state index in [1.807, 2.05) is 6.92 Å². The summed E-state index contributed by atoms with van der Waals surface area (Å²) < 4.78 is 71.5. The molecule has 0 saturated carbocycles. The Morgan fingerprint density at radius 3 is 2.53 bits per heavy atom. The van der Waals surface area contributed by atoms with Crippen molar-refractivity contribution in [2.45, 2.75) is 57.1 Å². The monoisotopic (exact) mass is 550 g/mol. The number of nitrogens with one attached hydrogen (secondary N) is 4. The van der Waals surface area contributed by atoms with Crippen LogP contribution in [0.15, 0.2) is 34.9 Å². The van der Waals surface area contributed by atoms with E-state index in [-0.39, 0.29) is 23.0 Å². The van der Waals surface area contributed by atoms with E-state index in [0.717, 1.165) is 17.7 Å². The van der Waals surface area contributed by atoms with E-state index in [1.165, 1.54) is 6.07 Å². The Balaban J connectivity index is 2.53. The second kappa shape index (κ2) is 11.9. The van der Waals surface area contributed by atoms with Gasteiger partial charge in [-0.3, -0.25) is 14.3 Å². The minimum absolute atomic E-state index is 0.0859. The minimum atomic E-state index is -4.71. The van der Waals surface area contributed by atoms with E-state index in [2.05, 4.69) is 20.7 Å². The molecule has 1 heterocycles. The van der Waals surface area contributed by atoms with Crippen LogP contribution >= 0.6 is 12.2 Å². The predicted molar refractivity (Wildman–Crippen MR) is 130 cm³/mol. The van der Waals surface area contributed by atoms with Crippen LogP contribution in [0.1, 0.15) is 51.6 Å². The highest BCUT2D eigenvalue weighted by Crippen LogP contribution is 2.43. The van der Waals surface area contributed by atoms with Gasteiger partial charge in [-0.2, -0.15) is 13.2 Å². The van der Waals surface area contributed by atoms with Crippen molar-refractivity contribution in [2.24, 2.45) is 5.41 Å². The van der Waals surface area contributed by atoms with E-state index < -0.39 is 44.9 Å². The molecule has 9 nitrogen and oxygen atoms in total. The van der Waals surface area contributed by atoms with Gasteiger partial charge in [0.05, 0.1) is 11.5 Å². The summed E-state index contributed by atoms with van der Waals surface area (Å²) in [5.41, 5.74) is 0.0176. The molecule has 2 rings (SSSR count). The molecule has 1 aliphatic heterocycles. The van der Waals surface area contributed by atoms with Crippen LogP contribution in [0.25, 0.3) is 0 Å². The van der Waals surface area contributed by atoms with Crippen molar-refractivity contribution in [1.82, 2.24) is 20.7 Å². The van der Waals surface area contributed by atoms with Gasteiger partial charge in [-0.25, -0.2) is 8.42 Å². The zero-order chi connectivity index (χ0) is 27.1. The lowest BCUT2D eigenvalue weighted by molar-refractivity contribution is -0.153. The maximum absolute atomic E-state index is 13.1. The second-order valence-electron chi connectivity index (χ2n) is 8.25. The van der Waals surface area contributed by atoms with Crippen molar-refractivity contribution >= 4 is 39.7 Å². The number of ether oxygens (including phenoxy) is 1. The van der Waals surface area contributed by atoms with Crippen LogP contribution in [0.5, 0.6) is 5.75 Å². The fourth-order valence-corrected chi connectivity index (χ4v) is 5.39. The number of rotatable bonds is 12. The van der Waals surface area contributed by atoms with Crippen molar-refractivity contribution in [3.8, 4) is 5.75 Å². The van der Waals surface area contributed by atoms with Gasteiger partial charge in [0.1, 0.15) is 10.6 Å². The maximum atomic E-state index is 13.1. The molecule has 1 aromatic carbocycles. The highest BCUT2D eigenvalue weighted by molar-refractivity contribution is 7.92. The lowest BCUT2D eigenvalue weighted by Crippen LogP contribution is -2.40. The van der Waals surface area contributed by atoms with Gasteiger partial charge in [0.15, 0.2) is 11.7 Å². The Bertz CT molecular complexity index is 1130. The number of benzene rings is 1. The van der Waals surface area contributed by atoms with Crippen LogP contribution in [0.3, 0.4) is 0 Å². The largest absolute Gasteiger partial charge is 0.483 e. The van der Waals surface area contributed by atoms with Crippen molar-refractivity contribution in [1.29, 1.82) is 0 Å². The fourth-order valence-electron chi connectivity index (χ4n) is 3.85. The summed E-state index contributed by atoms with van der Waals surface area (Å²) in [6, 6.07) is 2.68. The number of thiocarbonyl (C=S) groups is 1. The molecular weight excluding hydrogens is 521 g/mol. The van der Waals surface area contributed by atoms with Gasteiger partial charge >= 0.3 is 6.18 Å². The van der Waals surface area contributed by atoms with Crippen LogP contribution in [0, 0.1) is 5.41 Å². The molecule has 4 N–H and O–H groups in total. The third kappa shape index (κ3) is 7.09. The van der Waals surface area contributed by atoms with E-state index >= 15 is 0 Å². The summed E-state index contributed by atoms with van der Waals surface area (Å²) in [6.07, 6.45) is -1.60. The summed E-state index contributed by atoms with van der Waals surface area (Å²) in [5.74, 6) is -0.821. The smallest absolute Gasteiger partial charge is 0.422 e. The molecule has 2 amide bonds. The molecule has 0 radical (unpaired) electrons. The molecule has 0 saturated heterocycles. The van der Waals surface area contributed by atoms with Crippen LogP contribution in [0.2, 0.25) is 0 Å². The Morgan fingerprint density at radius 2 is 2.00 bits per heavy atom. The highest BCUT2D eigenvalue weighted by atomic mass is 32.2. The van der Waals surface area contributed by atoms with Crippen LogP contribution in [0.4, 0.5) is 13.2 Å². The van der Waals surface area contributed by atoms with Crippen molar-refractivity contribution in [2.75, 3.05) is 13.2 Å². The third-order valence-electron chi connectivity index (χ3n) is 5.85. The second-order valence-corrected chi connectivity index (χ2v) is 10.3. The van der Waals surface area contributed by atoms with Gasteiger partial charge < -0.3 is 20.7 Å². The van der Waals surface area contributed by atoms with Gasteiger partial charge in [0.25, 0.3) is 10.0 Å². The first-order valence-corrected chi connectivity index (χ1v) is 13.0. The number of alkyl halides is 3. The lowest BCUT2D eigenvalue weighted by Gasteiger charge is -2.31. The third-order valence-corrected chi connectivity index (χ3v) is 7.59. The molecule has 2 unspecified atom stereocenters. The molecule has 2 atom stereocenters. The zero-order valence-electron chi connectivity index (χ0n) is 20.0. The van der Waals surface area contributed by atoms with E-state index in [0.29, 0.717) is 25.8 Å². The lowest BCUT2D eigenvalue weighted by atomic mass is 9.73. The Kier molecular flexibility index (Phi) is 9.71. The van der Waals surface area contributed by atoms with Crippen LogP contribution < -0.4 is 25.4 Å². The van der Waals surface area contributed by atoms with E-state index in [9.17, 15) is 31.2 Å². The first-order valence-electron chi connectivity index (χ1n) is 11.1. The van der Waals surface area contributed by atoms with Crippen molar-refractivity contribution in [3.05, 3.63) is 35.5 Å². The van der Waals surface area contributed by atoms with Crippen molar-refractivity contribution in [3.63, 3.8) is 0 Å². The molecule has 200 valence electrons. The molecule has 1 aliphatic rings. The average Bonchev–Trinajstić information content (AvgIpc) is 3.08. The molecule has 0 bridgehead atoms. The first-order chi connectivity index (χ1) is 16.8. The number of hydrogen-bond donors (Lipinski definition) is 4. The molecule has 0 aromatic heterocycles. The minimum Gasteiger partial charge on any atom is -0.483 e. The van der Waals surface area contributed by atoms with Gasteiger partial charge in [-0.1, -0.05) is 19.9 Å². The summed E-state index contributed by atoms with van der Waals surface area (Å²) in [4.78, 5) is 23.4. The number of halogens is 3. The Morgan fingerprint density at radius 1 is 1.31 bits per heavy atom. The van der Waals surface area contributed by atoms with Gasteiger partial charge in [0.2, 0.25) is 12.3 Å². The molecule has 0 spiro atoms. The average molecular weight is 551 g/mol. The molecule has 36 heavy (non-hydrogen) atoms. The van der Waals surface area contributed by atoms with Crippen LogP contribution in [-0.2, 0) is 19.6 Å². The SMILES string of the molecule is CCCNC(=S)NS(=O)(=O)c1cc(C(CC2(CC)C(=O)NC=C2C)NC=O)ccc1OCC(F)(F)F. The van der Waals surface area contributed by atoms with E-state index in [4.69, 9.17) is 17.0 Å². The number of carbonyl (C=O) groups excluding carboxylic acids is 2. The molecule has 0 aliphatic carbocycles. The van der Waals surface area contributed by atoms with Gasteiger partial charge in [-0.15, -0.1) is 0 Å². The normalized spacial score (nSPS) is 18.6. The number of carbonyl (C=O) groups is 2. The van der Waals surface area contributed by atoms with Crippen molar-refractivity contribution < 1.29 is 35.9 Å². The first kappa shape index (κ1) is 29.4. The number of sulfonamides is 1. The topological polar surface area (TPSA) is 126 Å². The van der Waals surface area contributed by atoms with Gasteiger partial charge in [0, 0.05) is 12.7 Å². The van der Waals surface area contributed by atoms with Gasteiger partial charge in [-0.05, 0) is 61.7 Å².